The summed E-state index contributed by atoms with van der Waals surface area (Å²) in [4.78, 5) is 15.6. The molecule has 0 spiro atoms. The van der Waals surface area contributed by atoms with Crippen molar-refractivity contribution in [2.45, 2.75) is 6.42 Å². The highest BCUT2D eigenvalue weighted by Crippen LogP contribution is 2.51. The molecule has 6 heteroatoms. The van der Waals surface area contributed by atoms with Crippen LogP contribution in [0, 0.1) is 0 Å². The molecule has 0 atom stereocenters. The highest BCUT2D eigenvalue weighted by atomic mass is 16.7. The number of likely N-dealkylation sites (N-methyl/N-ethyl adjacent to an activating group) is 1. The Labute approximate surface area is 149 Å². The van der Waals surface area contributed by atoms with Crippen molar-refractivity contribution in [1.29, 1.82) is 0 Å². The Morgan fingerprint density at radius 1 is 0.923 bits per heavy atom. The molecule has 4 aliphatic rings. The summed E-state index contributed by atoms with van der Waals surface area (Å²) in [6.45, 7) is 1.18. The van der Waals surface area contributed by atoms with Gasteiger partial charge in [-0.3, -0.25) is 4.79 Å². The molecule has 6 rings (SSSR count). The summed E-state index contributed by atoms with van der Waals surface area (Å²) >= 11 is 0. The van der Waals surface area contributed by atoms with Crippen LogP contribution in [0.3, 0.4) is 0 Å². The SMILES string of the molecule is CN1CCc2cc3c(cc2C2=C1c1ccc4c(c1C2=O)OCO4)OCO3. The molecule has 0 amide bonds. The lowest BCUT2D eigenvalue weighted by atomic mass is 9.95. The summed E-state index contributed by atoms with van der Waals surface area (Å²) in [5.41, 5.74) is 5.17. The van der Waals surface area contributed by atoms with Crippen molar-refractivity contribution in [3.05, 3.63) is 46.5 Å². The minimum atomic E-state index is -0.0220. The van der Waals surface area contributed by atoms with E-state index in [1.807, 2.05) is 31.3 Å². The molecule has 130 valence electrons. The quantitative estimate of drug-likeness (QED) is 0.729. The standard InChI is InChI=1S/C20H15NO5/c1-21-5-4-10-6-14-15(25-8-24-14)7-12(10)16-18(21)11-2-3-13-20(26-9-23-13)17(11)19(16)22/h2-3,6-7H,4-5,8-9H2,1H3. The second-order valence-corrected chi connectivity index (χ2v) is 6.81. The van der Waals surface area contributed by atoms with E-state index in [4.69, 9.17) is 18.9 Å². The first-order chi connectivity index (χ1) is 12.7. The van der Waals surface area contributed by atoms with Crippen molar-refractivity contribution >= 4 is 17.1 Å². The molecule has 1 aliphatic carbocycles. The van der Waals surface area contributed by atoms with Gasteiger partial charge >= 0.3 is 0 Å². The van der Waals surface area contributed by atoms with Crippen LogP contribution >= 0.6 is 0 Å². The minimum absolute atomic E-state index is 0.0220. The molecule has 0 saturated carbocycles. The van der Waals surface area contributed by atoms with Crippen LogP contribution in [0.15, 0.2) is 24.3 Å². The van der Waals surface area contributed by atoms with Crippen molar-refractivity contribution in [2.75, 3.05) is 27.2 Å². The Morgan fingerprint density at radius 3 is 2.58 bits per heavy atom. The van der Waals surface area contributed by atoms with Crippen LogP contribution in [-0.2, 0) is 6.42 Å². The van der Waals surface area contributed by atoms with Gasteiger partial charge in [-0.25, -0.2) is 0 Å². The highest BCUT2D eigenvalue weighted by Gasteiger charge is 2.40. The Balaban J connectivity index is 1.63. The van der Waals surface area contributed by atoms with Crippen LogP contribution in [0.1, 0.15) is 27.0 Å². The third-order valence-electron chi connectivity index (χ3n) is 5.45. The molecule has 0 N–H and O–H groups in total. The largest absolute Gasteiger partial charge is 0.454 e. The second-order valence-electron chi connectivity index (χ2n) is 6.81. The van der Waals surface area contributed by atoms with Gasteiger partial charge in [0.1, 0.15) is 0 Å². The lowest BCUT2D eigenvalue weighted by Crippen LogP contribution is -2.18. The van der Waals surface area contributed by atoms with E-state index in [0.717, 1.165) is 41.1 Å². The minimum Gasteiger partial charge on any atom is -0.454 e. The number of carbonyl (C=O) groups is 1. The van der Waals surface area contributed by atoms with Gasteiger partial charge in [0, 0.05) is 19.2 Å². The smallest absolute Gasteiger partial charge is 0.231 e. The van der Waals surface area contributed by atoms with Crippen LogP contribution in [0.4, 0.5) is 0 Å². The fourth-order valence-electron chi connectivity index (χ4n) is 4.23. The van der Waals surface area contributed by atoms with Crippen molar-refractivity contribution in [2.24, 2.45) is 0 Å². The van der Waals surface area contributed by atoms with Crippen molar-refractivity contribution in [3.63, 3.8) is 0 Å². The van der Waals surface area contributed by atoms with E-state index in [9.17, 15) is 4.79 Å². The number of allylic oxidation sites excluding steroid dienone is 1. The van der Waals surface area contributed by atoms with E-state index in [-0.39, 0.29) is 19.4 Å². The zero-order valence-electron chi connectivity index (χ0n) is 14.1. The third-order valence-corrected chi connectivity index (χ3v) is 5.45. The third kappa shape index (κ3) is 1.64. The van der Waals surface area contributed by atoms with Crippen molar-refractivity contribution in [1.82, 2.24) is 4.90 Å². The Hall–Kier alpha value is -3.15. The van der Waals surface area contributed by atoms with Crippen molar-refractivity contribution < 1.29 is 23.7 Å². The molecule has 0 saturated heterocycles. The number of hydrogen-bond donors (Lipinski definition) is 0. The van der Waals surface area contributed by atoms with Crippen LogP contribution in [0.25, 0.3) is 11.3 Å². The molecular weight excluding hydrogens is 334 g/mol. The molecule has 6 nitrogen and oxygen atoms in total. The fourth-order valence-corrected chi connectivity index (χ4v) is 4.23. The monoisotopic (exact) mass is 349 g/mol. The summed E-state index contributed by atoms with van der Waals surface area (Å²) in [5.74, 6) is 2.59. The zero-order valence-corrected chi connectivity index (χ0v) is 14.1. The predicted octanol–water partition coefficient (Wildman–Crippen LogP) is 2.70. The van der Waals surface area contributed by atoms with Gasteiger partial charge in [0.2, 0.25) is 13.6 Å². The van der Waals surface area contributed by atoms with E-state index in [0.29, 0.717) is 28.4 Å². The predicted molar refractivity (Wildman–Crippen MR) is 92.6 cm³/mol. The fraction of sp³-hybridized carbons (Fsp3) is 0.250. The number of benzene rings is 2. The molecule has 2 aromatic carbocycles. The average molecular weight is 349 g/mol. The molecule has 0 fully saturated rings. The maximum atomic E-state index is 13.5. The van der Waals surface area contributed by atoms with Gasteiger partial charge in [-0.2, -0.15) is 0 Å². The van der Waals surface area contributed by atoms with Crippen LogP contribution in [0.2, 0.25) is 0 Å². The number of fused-ring (bicyclic) bond motifs is 7. The topological polar surface area (TPSA) is 57.2 Å². The first-order valence-corrected chi connectivity index (χ1v) is 8.58. The van der Waals surface area contributed by atoms with E-state index in [1.54, 1.807) is 0 Å². The summed E-state index contributed by atoms with van der Waals surface area (Å²) in [6, 6.07) is 7.77. The molecule has 0 aromatic heterocycles. The van der Waals surface area contributed by atoms with Gasteiger partial charge in [0.05, 0.1) is 16.8 Å². The zero-order chi connectivity index (χ0) is 17.4. The molecule has 0 bridgehead atoms. The van der Waals surface area contributed by atoms with Gasteiger partial charge in [-0.1, -0.05) is 0 Å². The summed E-state index contributed by atoms with van der Waals surface area (Å²) in [6.07, 6.45) is 0.836. The second kappa shape index (κ2) is 4.72. The summed E-state index contributed by atoms with van der Waals surface area (Å²) in [7, 11) is 2.02. The van der Waals surface area contributed by atoms with E-state index < -0.39 is 0 Å². The Bertz CT molecular complexity index is 1040. The molecule has 3 heterocycles. The summed E-state index contributed by atoms with van der Waals surface area (Å²) in [5, 5.41) is 0. The van der Waals surface area contributed by atoms with Gasteiger partial charge in [-0.05, 0) is 41.8 Å². The molecule has 26 heavy (non-hydrogen) atoms. The number of nitrogens with zero attached hydrogens (tertiary/aromatic N) is 1. The van der Waals surface area contributed by atoms with Gasteiger partial charge < -0.3 is 23.8 Å². The maximum absolute atomic E-state index is 13.5. The number of ketones is 1. The number of ether oxygens (including phenoxy) is 4. The number of carbonyl (C=O) groups excluding carboxylic acids is 1. The normalized spacial score (nSPS) is 18.7. The number of hydrogen-bond acceptors (Lipinski definition) is 6. The number of Topliss-reactive ketones (excluding diaryl/α,β-unsaturated/α-hetero) is 1. The van der Waals surface area contributed by atoms with E-state index in [2.05, 4.69) is 4.90 Å². The maximum Gasteiger partial charge on any atom is 0.231 e. The number of rotatable bonds is 0. The van der Waals surface area contributed by atoms with Crippen LogP contribution in [0.5, 0.6) is 23.0 Å². The lowest BCUT2D eigenvalue weighted by molar-refractivity contribution is 0.105. The first-order valence-electron chi connectivity index (χ1n) is 8.58. The molecule has 0 unspecified atom stereocenters. The molecule has 0 radical (unpaired) electrons. The highest BCUT2D eigenvalue weighted by molar-refractivity contribution is 6.41. The van der Waals surface area contributed by atoms with Crippen LogP contribution in [-0.4, -0.2) is 37.9 Å². The van der Waals surface area contributed by atoms with Gasteiger partial charge in [0.15, 0.2) is 28.8 Å². The van der Waals surface area contributed by atoms with Gasteiger partial charge in [-0.15, -0.1) is 0 Å². The lowest BCUT2D eigenvalue weighted by Gasteiger charge is -2.20. The van der Waals surface area contributed by atoms with Crippen molar-refractivity contribution in [3.8, 4) is 23.0 Å². The average Bonchev–Trinajstić information content (AvgIpc) is 3.33. The molecular formula is C20H15NO5. The molecule has 3 aliphatic heterocycles. The van der Waals surface area contributed by atoms with Crippen LogP contribution < -0.4 is 18.9 Å². The van der Waals surface area contributed by atoms with Gasteiger partial charge in [0.25, 0.3) is 0 Å². The first kappa shape index (κ1) is 14.1. The van der Waals surface area contributed by atoms with E-state index in [1.165, 1.54) is 0 Å². The Morgan fingerprint density at radius 2 is 1.69 bits per heavy atom. The summed E-state index contributed by atoms with van der Waals surface area (Å²) < 4.78 is 22.1. The van der Waals surface area contributed by atoms with E-state index >= 15 is 0 Å². The molecule has 2 aromatic rings. The Kier molecular flexibility index (Phi) is 2.55.